The average molecular weight is 421 g/mol. The molecule has 31 heavy (non-hydrogen) atoms. The van der Waals surface area contributed by atoms with Crippen LogP contribution in [0.5, 0.6) is 0 Å². The highest BCUT2D eigenvalue weighted by Gasteiger charge is 2.25. The first-order valence-corrected chi connectivity index (χ1v) is 10.1. The molecule has 0 bridgehead atoms. The summed E-state index contributed by atoms with van der Waals surface area (Å²) in [6.07, 6.45) is 4.41. The Kier molecular flexibility index (Phi) is 5.88. The van der Waals surface area contributed by atoms with Crippen molar-refractivity contribution in [2.75, 3.05) is 23.3 Å². The average Bonchev–Trinajstić information content (AvgIpc) is 3.53. The van der Waals surface area contributed by atoms with Crippen LogP contribution in [0.3, 0.4) is 0 Å². The number of nitrogens with one attached hydrogen (secondary N) is 2. The van der Waals surface area contributed by atoms with Gasteiger partial charge in [0.25, 0.3) is 0 Å². The molecule has 1 aliphatic rings. The van der Waals surface area contributed by atoms with Crippen LogP contribution in [0.1, 0.15) is 35.8 Å². The van der Waals surface area contributed by atoms with Crippen molar-refractivity contribution in [3.8, 4) is 0 Å². The molecule has 160 valence electrons. The van der Waals surface area contributed by atoms with E-state index in [0.29, 0.717) is 30.2 Å². The third kappa shape index (κ3) is 4.53. The first-order chi connectivity index (χ1) is 15.0. The first kappa shape index (κ1) is 20.5. The summed E-state index contributed by atoms with van der Waals surface area (Å²) < 4.78 is 10.9. The third-order valence-electron chi connectivity index (χ3n) is 5.28. The Morgan fingerprint density at radius 1 is 1.06 bits per heavy atom. The van der Waals surface area contributed by atoms with Gasteiger partial charge in [0, 0.05) is 30.9 Å². The first-order valence-electron chi connectivity index (χ1n) is 10.1. The van der Waals surface area contributed by atoms with E-state index in [0.717, 1.165) is 17.7 Å². The van der Waals surface area contributed by atoms with Crippen LogP contribution in [-0.4, -0.2) is 30.8 Å². The molecule has 0 spiro atoms. The van der Waals surface area contributed by atoms with Gasteiger partial charge in [-0.1, -0.05) is 6.07 Å². The number of aryl methyl sites for hydroxylation is 1. The van der Waals surface area contributed by atoms with Gasteiger partial charge in [-0.15, -0.1) is 0 Å². The number of hydrogen-bond acceptors (Lipinski definition) is 5. The maximum atomic E-state index is 12.4. The number of furan rings is 2. The van der Waals surface area contributed by atoms with Gasteiger partial charge in [-0.2, -0.15) is 0 Å². The molecule has 8 nitrogen and oxygen atoms in total. The Hall–Kier alpha value is -3.81. The van der Waals surface area contributed by atoms with Crippen molar-refractivity contribution >= 4 is 29.1 Å². The SMILES string of the molecule is Cc1ccc(NC(=O)C(=O)NCC(c2ccco2)c2ccco2)cc1N1CCCC1=O. The summed E-state index contributed by atoms with van der Waals surface area (Å²) in [4.78, 5) is 38.6. The van der Waals surface area contributed by atoms with Crippen LogP contribution in [0.2, 0.25) is 0 Å². The van der Waals surface area contributed by atoms with Crippen LogP contribution in [-0.2, 0) is 14.4 Å². The van der Waals surface area contributed by atoms with Gasteiger partial charge in [-0.25, -0.2) is 0 Å². The van der Waals surface area contributed by atoms with E-state index in [1.54, 1.807) is 53.8 Å². The molecule has 1 aliphatic heterocycles. The summed E-state index contributed by atoms with van der Waals surface area (Å²) >= 11 is 0. The van der Waals surface area contributed by atoms with E-state index >= 15 is 0 Å². The van der Waals surface area contributed by atoms with Gasteiger partial charge in [0.1, 0.15) is 11.5 Å². The second-order valence-electron chi connectivity index (χ2n) is 7.40. The lowest BCUT2D eigenvalue weighted by atomic mass is 10.0. The fourth-order valence-electron chi connectivity index (χ4n) is 3.66. The number of amides is 3. The summed E-state index contributed by atoms with van der Waals surface area (Å²) in [5.41, 5.74) is 2.13. The highest BCUT2D eigenvalue weighted by molar-refractivity contribution is 6.39. The molecule has 3 amide bonds. The van der Waals surface area contributed by atoms with E-state index in [4.69, 9.17) is 8.83 Å². The van der Waals surface area contributed by atoms with Gasteiger partial charge >= 0.3 is 11.8 Å². The smallest absolute Gasteiger partial charge is 0.313 e. The monoisotopic (exact) mass is 421 g/mol. The molecule has 3 aromatic rings. The van der Waals surface area contributed by atoms with Crippen LogP contribution >= 0.6 is 0 Å². The molecule has 2 aromatic heterocycles. The van der Waals surface area contributed by atoms with Gasteiger partial charge in [0.05, 0.1) is 18.4 Å². The van der Waals surface area contributed by atoms with Gasteiger partial charge in [0.2, 0.25) is 5.91 Å². The minimum atomic E-state index is -0.791. The highest BCUT2D eigenvalue weighted by Crippen LogP contribution is 2.28. The summed E-state index contributed by atoms with van der Waals surface area (Å²) in [5, 5.41) is 5.24. The molecular formula is C23H23N3O5. The topological polar surface area (TPSA) is 105 Å². The van der Waals surface area contributed by atoms with Crippen molar-refractivity contribution in [3.63, 3.8) is 0 Å². The zero-order valence-corrected chi connectivity index (χ0v) is 17.1. The third-order valence-corrected chi connectivity index (χ3v) is 5.28. The summed E-state index contributed by atoms with van der Waals surface area (Å²) in [5.74, 6) is -0.619. The molecule has 8 heteroatoms. The van der Waals surface area contributed by atoms with Crippen molar-refractivity contribution in [3.05, 3.63) is 72.1 Å². The fraction of sp³-hybridized carbons (Fsp3) is 0.261. The number of rotatable bonds is 6. The summed E-state index contributed by atoms with van der Waals surface area (Å²) in [6.45, 7) is 2.69. The molecule has 3 heterocycles. The zero-order chi connectivity index (χ0) is 21.8. The van der Waals surface area contributed by atoms with Crippen molar-refractivity contribution < 1.29 is 23.2 Å². The number of nitrogens with zero attached hydrogens (tertiary/aromatic N) is 1. The molecule has 1 aromatic carbocycles. The number of anilines is 2. The lowest BCUT2D eigenvalue weighted by molar-refractivity contribution is -0.136. The predicted octanol–water partition coefficient (Wildman–Crippen LogP) is 3.19. The predicted molar refractivity (Wildman–Crippen MR) is 114 cm³/mol. The van der Waals surface area contributed by atoms with Gasteiger partial charge < -0.3 is 24.4 Å². The second-order valence-corrected chi connectivity index (χ2v) is 7.40. The minimum absolute atomic E-state index is 0.0613. The zero-order valence-electron chi connectivity index (χ0n) is 17.1. The molecule has 0 atom stereocenters. The molecule has 0 saturated carbocycles. The second kappa shape index (κ2) is 8.91. The quantitative estimate of drug-likeness (QED) is 0.595. The molecule has 0 unspecified atom stereocenters. The van der Waals surface area contributed by atoms with E-state index in [9.17, 15) is 14.4 Å². The highest BCUT2D eigenvalue weighted by atomic mass is 16.3. The number of carbonyl (C=O) groups excluding carboxylic acids is 3. The fourth-order valence-corrected chi connectivity index (χ4v) is 3.66. The van der Waals surface area contributed by atoms with Gasteiger partial charge in [-0.3, -0.25) is 14.4 Å². The van der Waals surface area contributed by atoms with Crippen LogP contribution < -0.4 is 15.5 Å². The molecule has 0 radical (unpaired) electrons. The van der Waals surface area contributed by atoms with E-state index in [1.165, 1.54) is 0 Å². The maximum absolute atomic E-state index is 12.4. The normalized spacial score (nSPS) is 13.6. The van der Waals surface area contributed by atoms with Crippen LogP contribution in [0.4, 0.5) is 11.4 Å². The number of benzene rings is 1. The lowest BCUT2D eigenvalue weighted by Gasteiger charge is -2.19. The van der Waals surface area contributed by atoms with Gasteiger partial charge in [0.15, 0.2) is 0 Å². The van der Waals surface area contributed by atoms with E-state index in [-0.39, 0.29) is 18.4 Å². The van der Waals surface area contributed by atoms with E-state index in [2.05, 4.69) is 10.6 Å². The Morgan fingerprint density at radius 2 is 1.77 bits per heavy atom. The van der Waals surface area contributed by atoms with Crippen LogP contribution in [0.15, 0.2) is 63.8 Å². The van der Waals surface area contributed by atoms with Crippen molar-refractivity contribution in [2.24, 2.45) is 0 Å². The van der Waals surface area contributed by atoms with Crippen molar-refractivity contribution in [1.82, 2.24) is 5.32 Å². The molecular weight excluding hydrogens is 398 g/mol. The molecule has 1 saturated heterocycles. The van der Waals surface area contributed by atoms with Gasteiger partial charge in [-0.05, 0) is 55.3 Å². The Bertz CT molecular complexity index is 1040. The van der Waals surface area contributed by atoms with Crippen molar-refractivity contribution in [1.29, 1.82) is 0 Å². The minimum Gasteiger partial charge on any atom is -0.469 e. The van der Waals surface area contributed by atoms with E-state index in [1.807, 2.05) is 13.0 Å². The standard InChI is InChI=1S/C23H23N3O5/c1-15-8-9-16(13-18(15)26-10-2-7-21(26)27)25-23(29)22(28)24-14-17(19-5-3-11-30-19)20-6-4-12-31-20/h3-6,8-9,11-13,17H,2,7,10,14H2,1H3,(H,24,28)(H,25,29). The molecule has 0 aliphatic carbocycles. The Balaban J connectivity index is 1.41. The number of carbonyl (C=O) groups is 3. The number of hydrogen-bond donors (Lipinski definition) is 2. The largest absolute Gasteiger partial charge is 0.469 e. The Labute approximate surface area is 179 Å². The Morgan fingerprint density at radius 3 is 2.35 bits per heavy atom. The molecule has 4 rings (SSSR count). The van der Waals surface area contributed by atoms with E-state index < -0.39 is 11.8 Å². The summed E-state index contributed by atoms with van der Waals surface area (Å²) in [6, 6.07) is 12.3. The maximum Gasteiger partial charge on any atom is 0.313 e. The lowest BCUT2D eigenvalue weighted by Crippen LogP contribution is -2.37. The molecule has 1 fully saturated rings. The summed E-state index contributed by atoms with van der Waals surface area (Å²) in [7, 11) is 0. The van der Waals surface area contributed by atoms with Crippen LogP contribution in [0.25, 0.3) is 0 Å². The molecule has 2 N–H and O–H groups in total. The van der Waals surface area contributed by atoms with Crippen LogP contribution in [0, 0.1) is 6.92 Å². The van der Waals surface area contributed by atoms with Crippen molar-refractivity contribution in [2.45, 2.75) is 25.7 Å².